The third-order valence-electron chi connectivity index (χ3n) is 4.80. The van der Waals surface area contributed by atoms with Gasteiger partial charge in [-0.15, -0.1) is 17.9 Å². The van der Waals surface area contributed by atoms with Crippen LogP contribution in [0.2, 0.25) is 0 Å². The van der Waals surface area contributed by atoms with Crippen LogP contribution in [0.3, 0.4) is 0 Å². The zero-order chi connectivity index (χ0) is 22.2. The molecular formula is C22H17N5O2S3. The number of aryl methyl sites for hydroxylation is 1. The standard InChI is InChI=1S/C22H17N5O2S3/c1-3-9-26-20(29)18-16(14-7-5-4-6-8-14)12-30-19(18)24-21(26)31-11-15-10-17(28)27-22(23-15)32-13(2)25-27/h3-8,10,12H,1,9,11H2,2H3. The van der Waals surface area contributed by atoms with E-state index in [2.05, 4.69) is 16.7 Å². The Morgan fingerprint density at radius 1 is 1.19 bits per heavy atom. The monoisotopic (exact) mass is 479 g/mol. The van der Waals surface area contributed by atoms with Crippen LogP contribution in [0.25, 0.3) is 26.3 Å². The molecule has 4 heterocycles. The summed E-state index contributed by atoms with van der Waals surface area (Å²) >= 11 is 4.20. The van der Waals surface area contributed by atoms with Crippen LogP contribution in [0.5, 0.6) is 0 Å². The van der Waals surface area contributed by atoms with E-state index in [-0.39, 0.29) is 11.1 Å². The van der Waals surface area contributed by atoms with Gasteiger partial charge in [0.05, 0.1) is 11.1 Å². The van der Waals surface area contributed by atoms with Gasteiger partial charge in [0.2, 0.25) is 4.96 Å². The van der Waals surface area contributed by atoms with Crippen molar-refractivity contribution in [2.75, 3.05) is 0 Å². The molecule has 0 N–H and O–H groups in total. The summed E-state index contributed by atoms with van der Waals surface area (Å²) < 4.78 is 2.93. The number of nitrogens with zero attached hydrogens (tertiary/aromatic N) is 5. The number of allylic oxidation sites excluding steroid dienone is 1. The SMILES string of the molecule is C=CCn1c(SCc2cc(=O)n3nc(C)sc3n2)nc2scc(-c3ccccc3)c2c1=O. The number of thioether (sulfide) groups is 1. The molecule has 0 unspecified atom stereocenters. The summed E-state index contributed by atoms with van der Waals surface area (Å²) in [5, 5.41) is 8.11. The largest absolute Gasteiger partial charge is 0.283 e. The lowest BCUT2D eigenvalue weighted by Crippen LogP contribution is -2.22. The molecule has 1 aromatic carbocycles. The van der Waals surface area contributed by atoms with E-state index in [0.717, 1.165) is 16.1 Å². The van der Waals surface area contributed by atoms with Gasteiger partial charge in [-0.25, -0.2) is 9.97 Å². The minimum absolute atomic E-state index is 0.0981. The van der Waals surface area contributed by atoms with Gasteiger partial charge in [0.1, 0.15) is 9.84 Å². The molecule has 10 heteroatoms. The highest BCUT2D eigenvalue weighted by molar-refractivity contribution is 7.98. The third kappa shape index (κ3) is 3.70. The van der Waals surface area contributed by atoms with Crippen LogP contribution >= 0.6 is 34.4 Å². The van der Waals surface area contributed by atoms with E-state index in [1.54, 1.807) is 10.6 Å². The number of thiophene rings is 1. The molecular weight excluding hydrogens is 462 g/mol. The molecule has 160 valence electrons. The molecule has 7 nitrogen and oxygen atoms in total. The number of aromatic nitrogens is 5. The van der Waals surface area contributed by atoms with E-state index >= 15 is 0 Å². The molecule has 0 amide bonds. The molecule has 5 rings (SSSR count). The van der Waals surface area contributed by atoms with Gasteiger partial charge >= 0.3 is 0 Å². The Balaban J connectivity index is 1.55. The number of hydrogen-bond donors (Lipinski definition) is 0. The maximum absolute atomic E-state index is 13.4. The van der Waals surface area contributed by atoms with Gasteiger partial charge in [-0.05, 0) is 12.5 Å². The smallest absolute Gasteiger partial charge is 0.275 e. The van der Waals surface area contributed by atoms with Crippen LogP contribution in [-0.2, 0) is 12.3 Å². The molecule has 0 aliphatic heterocycles. The summed E-state index contributed by atoms with van der Waals surface area (Å²) in [7, 11) is 0. The fourth-order valence-electron chi connectivity index (χ4n) is 3.40. The summed E-state index contributed by atoms with van der Waals surface area (Å²) in [6.45, 7) is 5.98. The van der Waals surface area contributed by atoms with E-state index in [9.17, 15) is 9.59 Å². The minimum atomic E-state index is -0.215. The third-order valence-corrected chi connectivity index (χ3v) is 7.51. The summed E-state index contributed by atoms with van der Waals surface area (Å²) in [6, 6.07) is 11.3. The average molecular weight is 480 g/mol. The molecule has 0 fully saturated rings. The van der Waals surface area contributed by atoms with Gasteiger partial charge < -0.3 is 0 Å². The van der Waals surface area contributed by atoms with Crippen molar-refractivity contribution in [3.63, 3.8) is 0 Å². The van der Waals surface area contributed by atoms with Gasteiger partial charge in [0.15, 0.2) is 5.16 Å². The predicted octanol–water partition coefficient (Wildman–Crippen LogP) is 4.38. The zero-order valence-corrected chi connectivity index (χ0v) is 19.5. The highest BCUT2D eigenvalue weighted by Crippen LogP contribution is 2.32. The maximum Gasteiger partial charge on any atom is 0.275 e. The Morgan fingerprint density at radius 3 is 2.78 bits per heavy atom. The fourth-order valence-corrected chi connectivity index (χ4v) is 6.06. The first kappa shape index (κ1) is 20.8. The second-order valence-corrected chi connectivity index (χ2v) is 9.94. The predicted molar refractivity (Wildman–Crippen MR) is 131 cm³/mol. The number of hydrogen-bond acceptors (Lipinski definition) is 8. The molecule has 0 spiro atoms. The van der Waals surface area contributed by atoms with Crippen molar-refractivity contribution in [1.82, 2.24) is 24.1 Å². The Labute approximate surface area is 194 Å². The van der Waals surface area contributed by atoms with Gasteiger partial charge in [-0.2, -0.15) is 9.61 Å². The van der Waals surface area contributed by atoms with Crippen molar-refractivity contribution < 1.29 is 0 Å². The minimum Gasteiger partial charge on any atom is -0.283 e. The van der Waals surface area contributed by atoms with E-state index in [4.69, 9.17) is 4.98 Å². The summed E-state index contributed by atoms with van der Waals surface area (Å²) in [4.78, 5) is 36.3. The van der Waals surface area contributed by atoms with Gasteiger partial charge in [0.25, 0.3) is 11.1 Å². The van der Waals surface area contributed by atoms with Crippen LogP contribution in [0.4, 0.5) is 0 Å². The van der Waals surface area contributed by atoms with Crippen molar-refractivity contribution in [3.8, 4) is 11.1 Å². The van der Waals surface area contributed by atoms with Crippen molar-refractivity contribution in [3.05, 3.63) is 85.8 Å². The number of rotatable bonds is 6. The van der Waals surface area contributed by atoms with Crippen molar-refractivity contribution in [1.29, 1.82) is 0 Å². The topological polar surface area (TPSA) is 82.2 Å². The van der Waals surface area contributed by atoms with E-state index < -0.39 is 0 Å². The second kappa shape index (κ2) is 8.45. The molecule has 0 bridgehead atoms. The van der Waals surface area contributed by atoms with Crippen molar-refractivity contribution in [2.45, 2.75) is 24.4 Å². The number of fused-ring (bicyclic) bond motifs is 2. The Hall–Kier alpha value is -3.08. The molecule has 5 aromatic rings. The van der Waals surface area contributed by atoms with E-state index in [1.807, 2.05) is 42.6 Å². The molecule has 0 atom stereocenters. The summed E-state index contributed by atoms with van der Waals surface area (Å²) in [5.41, 5.74) is 2.19. The lowest BCUT2D eigenvalue weighted by atomic mass is 10.1. The van der Waals surface area contributed by atoms with Crippen molar-refractivity contribution >= 4 is 49.6 Å². The van der Waals surface area contributed by atoms with Crippen LogP contribution in [0.1, 0.15) is 10.7 Å². The normalized spacial score (nSPS) is 11.4. The highest BCUT2D eigenvalue weighted by atomic mass is 32.2. The van der Waals surface area contributed by atoms with E-state index in [1.165, 1.54) is 45.0 Å². The van der Waals surface area contributed by atoms with Crippen molar-refractivity contribution in [2.24, 2.45) is 0 Å². The summed E-state index contributed by atoms with van der Waals surface area (Å²) in [6.07, 6.45) is 1.68. The molecule has 0 aliphatic carbocycles. The lowest BCUT2D eigenvalue weighted by molar-refractivity contribution is 0.673. The summed E-state index contributed by atoms with van der Waals surface area (Å²) in [5.74, 6) is 0.411. The average Bonchev–Trinajstić information content (AvgIpc) is 3.38. The number of benzene rings is 1. The quantitative estimate of drug-likeness (QED) is 0.204. The van der Waals surface area contributed by atoms with Crippen LogP contribution < -0.4 is 11.1 Å². The lowest BCUT2D eigenvalue weighted by Gasteiger charge is -2.10. The Morgan fingerprint density at radius 2 is 2.00 bits per heavy atom. The first-order valence-corrected chi connectivity index (χ1v) is 12.4. The molecule has 32 heavy (non-hydrogen) atoms. The molecule has 0 aliphatic rings. The maximum atomic E-state index is 13.4. The Bertz CT molecular complexity index is 1580. The van der Waals surface area contributed by atoms with Crippen LogP contribution in [0.15, 0.2) is 69.2 Å². The van der Waals surface area contributed by atoms with Gasteiger partial charge in [-0.3, -0.25) is 14.2 Å². The first-order chi connectivity index (χ1) is 15.5. The van der Waals surface area contributed by atoms with Gasteiger partial charge in [-0.1, -0.05) is 59.5 Å². The molecule has 0 saturated heterocycles. The van der Waals surface area contributed by atoms with Gasteiger partial charge in [0, 0.05) is 29.3 Å². The Kier molecular flexibility index (Phi) is 5.50. The molecule has 4 aromatic heterocycles. The van der Waals surface area contributed by atoms with Crippen LogP contribution in [-0.4, -0.2) is 24.1 Å². The van der Waals surface area contributed by atoms with E-state index in [0.29, 0.717) is 38.3 Å². The zero-order valence-electron chi connectivity index (χ0n) is 17.0. The highest BCUT2D eigenvalue weighted by Gasteiger charge is 2.17. The first-order valence-electron chi connectivity index (χ1n) is 9.72. The fraction of sp³-hybridized carbons (Fsp3) is 0.136. The van der Waals surface area contributed by atoms with Crippen LogP contribution in [0, 0.1) is 6.92 Å². The second-order valence-electron chi connectivity index (χ2n) is 6.98. The molecule has 0 saturated carbocycles. The molecule has 0 radical (unpaired) electrons.